The maximum Gasteiger partial charge on any atom is 0.236 e. The average molecular weight is 426 g/mol. The molecule has 1 aliphatic carbocycles. The van der Waals surface area contributed by atoms with E-state index in [9.17, 15) is 9.59 Å². The first-order valence-corrected chi connectivity index (χ1v) is 11.7. The number of rotatable bonds is 4. The van der Waals surface area contributed by atoms with E-state index >= 15 is 0 Å². The van der Waals surface area contributed by atoms with Gasteiger partial charge in [0.25, 0.3) is 0 Å². The summed E-state index contributed by atoms with van der Waals surface area (Å²) >= 11 is 0. The fraction of sp³-hybridized carbons (Fsp3) is 0.600. The number of benzene rings is 1. The Bertz CT molecular complexity index is 818. The summed E-state index contributed by atoms with van der Waals surface area (Å²) in [5, 5.41) is 3.11. The number of carbonyl (C=O) groups is 2. The monoisotopic (exact) mass is 425 g/mol. The van der Waals surface area contributed by atoms with E-state index in [4.69, 9.17) is 4.74 Å². The topological polar surface area (TPSA) is 61.9 Å². The van der Waals surface area contributed by atoms with Gasteiger partial charge in [-0.25, -0.2) is 0 Å². The van der Waals surface area contributed by atoms with Gasteiger partial charge in [0.15, 0.2) is 0 Å². The Kier molecular flexibility index (Phi) is 6.96. The van der Waals surface area contributed by atoms with Crippen molar-refractivity contribution in [3.63, 3.8) is 0 Å². The van der Waals surface area contributed by atoms with Gasteiger partial charge in [-0.1, -0.05) is 30.4 Å². The number of fused-ring (bicyclic) bond motifs is 3. The molecule has 168 valence electrons. The van der Waals surface area contributed by atoms with Crippen LogP contribution < -0.4 is 10.1 Å². The van der Waals surface area contributed by atoms with Gasteiger partial charge in [-0.3, -0.25) is 14.5 Å². The molecule has 2 aliphatic heterocycles. The molecule has 2 bridgehead atoms. The Morgan fingerprint density at radius 1 is 1.19 bits per heavy atom. The van der Waals surface area contributed by atoms with E-state index < -0.39 is 0 Å². The molecule has 6 heteroatoms. The first-order valence-electron chi connectivity index (χ1n) is 11.7. The van der Waals surface area contributed by atoms with Crippen molar-refractivity contribution < 1.29 is 14.3 Å². The van der Waals surface area contributed by atoms with Crippen molar-refractivity contribution >= 4 is 11.8 Å². The van der Waals surface area contributed by atoms with Crippen molar-refractivity contribution in [3.05, 3.63) is 42.0 Å². The molecule has 1 aromatic rings. The Labute approximate surface area is 185 Å². The van der Waals surface area contributed by atoms with E-state index in [1.807, 2.05) is 23.1 Å². The number of piperidine rings is 1. The largest absolute Gasteiger partial charge is 0.489 e. The molecule has 1 aromatic carbocycles. The van der Waals surface area contributed by atoms with Crippen LogP contribution in [-0.2, 0) is 16.1 Å². The van der Waals surface area contributed by atoms with E-state index in [1.54, 1.807) is 0 Å². The lowest BCUT2D eigenvalue weighted by molar-refractivity contribution is -0.135. The summed E-state index contributed by atoms with van der Waals surface area (Å²) in [6.07, 6.45) is 7.83. The molecule has 2 atom stereocenters. The first kappa shape index (κ1) is 21.9. The number of hydrogen-bond donors (Lipinski definition) is 1. The van der Waals surface area contributed by atoms with Crippen LogP contribution >= 0.6 is 0 Å². The lowest BCUT2D eigenvalue weighted by Gasteiger charge is -2.38. The van der Waals surface area contributed by atoms with Crippen LogP contribution in [0, 0.1) is 11.8 Å². The standard InChI is InChI=1S/C25H35N3O3/c1-18(2)28-16-21-6-3-4-8-23(21)31-13-5-7-20-15-27(25(30)17-28)12-11-19(20)14-24(29)26-22-9-10-22/h3-8,18-20,22H,9-17H2,1-2H3,(H,26,29)/b7-5+/t19-,20-/m0/s1. The molecule has 6 nitrogen and oxygen atoms in total. The Hall–Kier alpha value is -2.34. The summed E-state index contributed by atoms with van der Waals surface area (Å²) in [5.74, 6) is 1.63. The predicted octanol–water partition coefficient (Wildman–Crippen LogP) is 2.98. The third kappa shape index (κ3) is 5.88. The van der Waals surface area contributed by atoms with Crippen LogP contribution in [0.4, 0.5) is 0 Å². The molecule has 0 unspecified atom stereocenters. The van der Waals surface area contributed by atoms with Crippen molar-refractivity contribution in [1.82, 2.24) is 15.1 Å². The lowest BCUT2D eigenvalue weighted by Crippen LogP contribution is -2.48. The molecule has 3 aliphatic rings. The number of amides is 2. The minimum Gasteiger partial charge on any atom is -0.489 e. The zero-order valence-corrected chi connectivity index (χ0v) is 18.8. The van der Waals surface area contributed by atoms with Gasteiger partial charge in [0.05, 0.1) is 6.54 Å². The second kappa shape index (κ2) is 9.86. The van der Waals surface area contributed by atoms with Crippen molar-refractivity contribution in [3.8, 4) is 5.75 Å². The third-order valence-corrected chi connectivity index (χ3v) is 6.68. The van der Waals surface area contributed by atoms with E-state index in [-0.39, 0.29) is 29.7 Å². The van der Waals surface area contributed by atoms with Crippen LogP contribution in [-0.4, -0.2) is 59.9 Å². The zero-order chi connectivity index (χ0) is 21.8. The molecule has 1 saturated heterocycles. The molecule has 2 amide bonds. The second-order valence-corrected chi connectivity index (χ2v) is 9.44. The number of nitrogens with zero attached hydrogens (tertiary/aromatic N) is 2. The van der Waals surface area contributed by atoms with E-state index in [2.05, 4.69) is 42.3 Å². The van der Waals surface area contributed by atoms with Crippen LogP contribution in [0.15, 0.2) is 36.4 Å². The molecule has 31 heavy (non-hydrogen) atoms. The highest BCUT2D eigenvalue weighted by molar-refractivity contribution is 5.79. The summed E-state index contributed by atoms with van der Waals surface area (Å²) in [4.78, 5) is 29.8. The highest BCUT2D eigenvalue weighted by atomic mass is 16.5. The SMILES string of the molecule is CC(C)N1CC(=O)N2CC[C@@H](CC(=O)NC3CC3)[C@@H](/C=C/COc3ccccc3C1)C2. The summed E-state index contributed by atoms with van der Waals surface area (Å²) in [6, 6.07) is 8.71. The number of para-hydroxylation sites is 1. The molecule has 1 N–H and O–H groups in total. The van der Waals surface area contributed by atoms with E-state index in [0.29, 0.717) is 38.7 Å². The summed E-state index contributed by atoms with van der Waals surface area (Å²) < 4.78 is 6.08. The number of ether oxygens (including phenoxy) is 1. The Morgan fingerprint density at radius 3 is 2.77 bits per heavy atom. The third-order valence-electron chi connectivity index (χ3n) is 6.68. The van der Waals surface area contributed by atoms with Gasteiger partial charge >= 0.3 is 0 Å². The van der Waals surface area contributed by atoms with Gasteiger partial charge < -0.3 is 15.0 Å². The van der Waals surface area contributed by atoms with Crippen LogP contribution in [0.3, 0.4) is 0 Å². The van der Waals surface area contributed by atoms with E-state index in [0.717, 1.165) is 37.1 Å². The Morgan fingerprint density at radius 2 is 2.00 bits per heavy atom. The number of nitrogens with one attached hydrogen (secondary N) is 1. The maximum atomic E-state index is 13.2. The zero-order valence-electron chi connectivity index (χ0n) is 18.8. The van der Waals surface area contributed by atoms with Gasteiger partial charge in [0, 0.05) is 43.7 Å². The highest BCUT2D eigenvalue weighted by Gasteiger charge is 2.33. The van der Waals surface area contributed by atoms with Gasteiger partial charge in [-0.2, -0.15) is 0 Å². The molecule has 0 spiro atoms. The fourth-order valence-corrected chi connectivity index (χ4v) is 4.54. The summed E-state index contributed by atoms with van der Waals surface area (Å²) in [5.41, 5.74) is 1.10. The minimum atomic E-state index is 0.153. The fourth-order valence-electron chi connectivity index (χ4n) is 4.54. The molecule has 2 heterocycles. The molecule has 2 fully saturated rings. The normalized spacial score (nSPS) is 26.2. The number of hydrogen-bond acceptors (Lipinski definition) is 4. The second-order valence-electron chi connectivity index (χ2n) is 9.44. The van der Waals surface area contributed by atoms with Gasteiger partial charge in [0.1, 0.15) is 12.4 Å². The lowest BCUT2D eigenvalue weighted by atomic mass is 9.82. The summed E-state index contributed by atoms with van der Waals surface area (Å²) in [7, 11) is 0. The molecule has 4 rings (SSSR count). The average Bonchev–Trinajstić information content (AvgIpc) is 3.55. The highest BCUT2D eigenvalue weighted by Crippen LogP contribution is 2.30. The Balaban J connectivity index is 1.52. The summed E-state index contributed by atoms with van der Waals surface area (Å²) in [6.45, 7) is 7.23. The molecular formula is C25H35N3O3. The predicted molar refractivity (Wildman–Crippen MR) is 121 cm³/mol. The van der Waals surface area contributed by atoms with Crippen molar-refractivity contribution in [2.24, 2.45) is 11.8 Å². The quantitative estimate of drug-likeness (QED) is 0.754. The van der Waals surface area contributed by atoms with Crippen molar-refractivity contribution in [1.29, 1.82) is 0 Å². The molecule has 0 radical (unpaired) electrons. The van der Waals surface area contributed by atoms with Crippen LogP contribution in [0.25, 0.3) is 0 Å². The molecule has 1 saturated carbocycles. The maximum absolute atomic E-state index is 13.2. The van der Waals surface area contributed by atoms with Crippen LogP contribution in [0.2, 0.25) is 0 Å². The van der Waals surface area contributed by atoms with Crippen LogP contribution in [0.5, 0.6) is 5.75 Å². The molecular weight excluding hydrogens is 390 g/mol. The molecule has 0 aromatic heterocycles. The van der Waals surface area contributed by atoms with Crippen molar-refractivity contribution in [2.45, 2.75) is 58.2 Å². The minimum absolute atomic E-state index is 0.153. The smallest absolute Gasteiger partial charge is 0.236 e. The van der Waals surface area contributed by atoms with Gasteiger partial charge in [0.2, 0.25) is 11.8 Å². The van der Waals surface area contributed by atoms with E-state index in [1.165, 1.54) is 0 Å². The first-order chi connectivity index (χ1) is 15.0. The van der Waals surface area contributed by atoms with Gasteiger partial charge in [-0.15, -0.1) is 0 Å². The van der Waals surface area contributed by atoms with Crippen LogP contribution in [0.1, 0.15) is 45.1 Å². The van der Waals surface area contributed by atoms with Crippen molar-refractivity contribution in [2.75, 3.05) is 26.2 Å². The number of carbonyl (C=O) groups excluding carboxylic acids is 2. The van der Waals surface area contributed by atoms with Gasteiger partial charge in [-0.05, 0) is 51.0 Å².